The van der Waals surface area contributed by atoms with Crippen molar-refractivity contribution in [1.82, 2.24) is 15.3 Å². The number of nitrogens with one attached hydrogen (secondary N) is 1. The number of ether oxygens (including phenoxy) is 1. The van der Waals surface area contributed by atoms with Gasteiger partial charge < -0.3 is 10.1 Å². The van der Waals surface area contributed by atoms with E-state index in [1.54, 1.807) is 7.11 Å². The SMILES string of the molecule is COc1ccc(-c2cc(CNC(=O)Cc3ccccc3C)ncn2)cc1. The number of aryl methyl sites for hydroxylation is 1. The average molecular weight is 347 g/mol. The molecular formula is C21H21N3O2. The molecule has 3 rings (SSSR count). The molecule has 0 radical (unpaired) electrons. The second kappa shape index (κ2) is 8.25. The molecule has 1 amide bonds. The van der Waals surface area contributed by atoms with Gasteiger partial charge >= 0.3 is 0 Å². The van der Waals surface area contributed by atoms with Crippen molar-refractivity contribution < 1.29 is 9.53 Å². The van der Waals surface area contributed by atoms with Crippen LogP contribution in [0.4, 0.5) is 0 Å². The van der Waals surface area contributed by atoms with Gasteiger partial charge in [0.15, 0.2) is 0 Å². The van der Waals surface area contributed by atoms with Crippen LogP contribution in [0.1, 0.15) is 16.8 Å². The molecule has 26 heavy (non-hydrogen) atoms. The third-order valence-electron chi connectivity index (χ3n) is 4.19. The van der Waals surface area contributed by atoms with Crippen molar-refractivity contribution >= 4 is 5.91 Å². The molecule has 0 aliphatic carbocycles. The largest absolute Gasteiger partial charge is 0.497 e. The number of hydrogen-bond acceptors (Lipinski definition) is 4. The maximum absolute atomic E-state index is 12.2. The van der Waals surface area contributed by atoms with Gasteiger partial charge in [-0.3, -0.25) is 4.79 Å². The van der Waals surface area contributed by atoms with E-state index in [9.17, 15) is 4.79 Å². The minimum absolute atomic E-state index is 0.0242. The number of benzene rings is 2. The summed E-state index contributed by atoms with van der Waals surface area (Å²) in [5.74, 6) is 0.774. The summed E-state index contributed by atoms with van der Waals surface area (Å²) < 4.78 is 5.17. The molecule has 0 atom stereocenters. The van der Waals surface area contributed by atoms with Crippen LogP contribution in [0.25, 0.3) is 11.3 Å². The Kier molecular flexibility index (Phi) is 5.59. The molecule has 2 aromatic carbocycles. The monoisotopic (exact) mass is 347 g/mol. The number of methoxy groups -OCH3 is 1. The molecule has 5 nitrogen and oxygen atoms in total. The fraction of sp³-hybridized carbons (Fsp3) is 0.190. The highest BCUT2D eigenvalue weighted by molar-refractivity contribution is 5.78. The number of amides is 1. The van der Waals surface area contributed by atoms with Crippen LogP contribution in [0.15, 0.2) is 60.9 Å². The molecule has 1 N–H and O–H groups in total. The van der Waals surface area contributed by atoms with Crippen LogP contribution in [0, 0.1) is 6.92 Å². The Hall–Kier alpha value is -3.21. The minimum Gasteiger partial charge on any atom is -0.497 e. The van der Waals surface area contributed by atoms with E-state index < -0.39 is 0 Å². The zero-order valence-electron chi connectivity index (χ0n) is 14.9. The van der Waals surface area contributed by atoms with E-state index >= 15 is 0 Å². The van der Waals surface area contributed by atoms with Crippen molar-refractivity contribution in [1.29, 1.82) is 0 Å². The summed E-state index contributed by atoms with van der Waals surface area (Å²) in [7, 11) is 1.64. The zero-order valence-corrected chi connectivity index (χ0v) is 14.9. The van der Waals surface area contributed by atoms with Crippen molar-refractivity contribution in [3.8, 4) is 17.0 Å². The van der Waals surface area contributed by atoms with Crippen molar-refractivity contribution in [2.45, 2.75) is 19.9 Å². The van der Waals surface area contributed by atoms with Crippen molar-refractivity contribution in [2.24, 2.45) is 0 Å². The standard InChI is InChI=1S/C21H21N3O2/c1-15-5-3-4-6-17(15)11-21(25)22-13-18-12-20(24-14-23-18)16-7-9-19(26-2)10-8-16/h3-10,12,14H,11,13H2,1-2H3,(H,22,25). The molecular weight excluding hydrogens is 326 g/mol. The summed E-state index contributed by atoms with van der Waals surface area (Å²) >= 11 is 0. The second-order valence-corrected chi connectivity index (χ2v) is 6.00. The predicted octanol–water partition coefficient (Wildman–Crippen LogP) is 3.32. The summed E-state index contributed by atoms with van der Waals surface area (Å²) in [6.07, 6.45) is 1.88. The first kappa shape index (κ1) is 17.6. The highest BCUT2D eigenvalue weighted by Gasteiger charge is 2.07. The molecule has 0 saturated heterocycles. The first-order valence-corrected chi connectivity index (χ1v) is 8.42. The van der Waals surface area contributed by atoms with Crippen LogP contribution in [0.5, 0.6) is 5.75 Å². The van der Waals surface area contributed by atoms with Crippen LogP contribution in [0.2, 0.25) is 0 Å². The molecule has 3 aromatic rings. The lowest BCUT2D eigenvalue weighted by molar-refractivity contribution is -0.120. The van der Waals surface area contributed by atoms with Gasteiger partial charge in [0.05, 0.1) is 31.5 Å². The van der Waals surface area contributed by atoms with Gasteiger partial charge in [-0.2, -0.15) is 0 Å². The Morgan fingerprint density at radius 1 is 1.08 bits per heavy atom. The molecule has 5 heteroatoms. The molecule has 0 fully saturated rings. The van der Waals surface area contributed by atoms with E-state index in [-0.39, 0.29) is 5.91 Å². The predicted molar refractivity (Wildman–Crippen MR) is 101 cm³/mol. The summed E-state index contributed by atoms with van der Waals surface area (Å²) in [5.41, 5.74) is 4.70. The molecule has 0 aliphatic rings. The lowest BCUT2D eigenvalue weighted by Gasteiger charge is -2.08. The molecule has 0 unspecified atom stereocenters. The lowest BCUT2D eigenvalue weighted by Crippen LogP contribution is -2.25. The Morgan fingerprint density at radius 2 is 1.85 bits per heavy atom. The summed E-state index contributed by atoms with van der Waals surface area (Å²) in [6, 6.07) is 17.5. The molecule has 0 aliphatic heterocycles. The smallest absolute Gasteiger partial charge is 0.224 e. The van der Waals surface area contributed by atoms with Crippen LogP contribution < -0.4 is 10.1 Å². The first-order chi connectivity index (χ1) is 12.7. The van der Waals surface area contributed by atoms with Gasteiger partial charge in [-0.1, -0.05) is 24.3 Å². The highest BCUT2D eigenvalue weighted by atomic mass is 16.5. The van der Waals surface area contributed by atoms with Crippen LogP contribution in [-0.2, 0) is 17.8 Å². The van der Waals surface area contributed by atoms with Crippen LogP contribution in [0.3, 0.4) is 0 Å². The van der Waals surface area contributed by atoms with E-state index in [2.05, 4.69) is 15.3 Å². The van der Waals surface area contributed by atoms with Crippen LogP contribution in [-0.4, -0.2) is 23.0 Å². The molecule has 0 spiro atoms. The maximum Gasteiger partial charge on any atom is 0.224 e. The van der Waals surface area contributed by atoms with Gasteiger partial charge in [0.25, 0.3) is 0 Å². The second-order valence-electron chi connectivity index (χ2n) is 6.00. The number of carbonyl (C=O) groups excluding carboxylic acids is 1. The van der Waals surface area contributed by atoms with Gasteiger partial charge in [-0.15, -0.1) is 0 Å². The van der Waals surface area contributed by atoms with E-state index in [4.69, 9.17) is 4.74 Å². The Bertz CT molecular complexity index is 892. The molecule has 132 valence electrons. The fourth-order valence-corrected chi connectivity index (χ4v) is 2.65. The Balaban J connectivity index is 1.63. The van der Waals surface area contributed by atoms with Gasteiger partial charge in [0.1, 0.15) is 12.1 Å². The normalized spacial score (nSPS) is 10.4. The summed E-state index contributed by atoms with van der Waals surface area (Å²) in [4.78, 5) is 20.7. The molecule has 1 aromatic heterocycles. The summed E-state index contributed by atoms with van der Waals surface area (Å²) in [5, 5.41) is 2.92. The Labute approximate surface area is 153 Å². The lowest BCUT2D eigenvalue weighted by atomic mass is 10.1. The quantitative estimate of drug-likeness (QED) is 0.743. The van der Waals surface area contributed by atoms with E-state index in [0.29, 0.717) is 13.0 Å². The third kappa shape index (κ3) is 4.45. The average Bonchev–Trinajstić information content (AvgIpc) is 2.68. The molecule has 1 heterocycles. The first-order valence-electron chi connectivity index (χ1n) is 8.42. The van der Waals surface area contributed by atoms with Crippen molar-refractivity contribution in [3.63, 3.8) is 0 Å². The van der Waals surface area contributed by atoms with E-state index in [1.165, 1.54) is 6.33 Å². The number of hydrogen-bond donors (Lipinski definition) is 1. The number of carbonyl (C=O) groups is 1. The fourth-order valence-electron chi connectivity index (χ4n) is 2.65. The van der Waals surface area contributed by atoms with Crippen molar-refractivity contribution in [2.75, 3.05) is 7.11 Å². The summed E-state index contributed by atoms with van der Waals surface area (Å²) in [6.45, 7) is 2.38. The van der Waals surface area contributed by atoms with Gasteiger partial charge in [-0.25, -0.2) is 9.97 Å². The van der Waals surface area contributed by atoms with Gasteiger partial charge in [0, 0.05) is 5.56 Å². The van der Waals surface area contributed by atoms with Gasteiger partial charge in [0.2, 0.25) is 5.91 Å². The minimum atomic E-state index is -0.0242. The number of rotatable bonds is 6. The molecule has 0 bridgehead atoms. The highest BCUT2D eigenvalue weighted by Crippen LogP contribution is 2.20. The zero-order chi connectivity index (χ0) is 18.4. The Morgan fingerprint density at radius 3 is 2.58 bits per heavy atom. The topological polar surface area (TPSA) is 64.1 Å². The van der Waals surface area contributed by atoms with Crippen LogP contribution >= 0.6 is 0 Å². The molecule has 0 saturated carbocycles. The number of aromatic nitrogens is 2. The number of nitrogens with zero attached hydrogens (tertiary/aromatic N) is 2. The van der Waals surface area contributed by atoms with E-state index in [0.717, 1.165) is 33.8 Å². The van der Waals surface area contributed by atoms with E-state index in [1.807, 2.05) is 61.5 Å². The third-order valence-corrected chi connectivity index (χ3v) is 4.19. The maximum atomic E-state index is 12.2. The van der Waals surface area contributed by atoms with Crippen molar-refractivity contribution in [3.05, 3.63) is 77.7 Å². The van der Waals surface area contributed by atoms with Gasteiger partial charge in [-0.05, 0) is 48.4 Å².